The normalized spacial score (nSPS) is 11.9. The van der Waals surface area contributed by atoms with Crippen LogP contribution in [0.2, 0.25) is 6.80 Å². The smallest absolute Gasteiger partial charge is 0.416 e. The Kier molecular flexibility index (Phi) is 27.0. The molecule has 2 nitrogen and oxygen atoms in total. The number of aldehydes is 1. The van der Waals surface area contributed by atoms with Crippen LogP contribution >= 0.6 is 182 Å². The molecule has 0 aliphatic heterocycles. The van der Waals surface area contributed by atoms with E-state index in [1.807, 2.05) is 46.1 Å². The van der Waals surface area contributed by atoms with Crippen molar-refractivity contribution < 1.29 is 37.2 Å². The molecule has 8 unspecified atom stereocenters. The van der Waals surface area contributed by atoms with E-state index in [-0.39, 0.29) is 35.2 Å². The molecule has 0 saturated carbocycles. The topological polar surface area (TPSA) is 26.3 Å². The summed E-state index contributed by atoms with van der Waals surface area (Å²) in [5.74, 6) is 0.741. The first kappa shape index (κ1) is 75.0. The molecule has 2 radical (unpaired) electrons. The first-order valence-electron chi connectivity index (χ1n) is 28.4. The van der Waals surface area contributed by atoms with Crippen LogP contribution in [0, 0.1) is 13.8 Å². The molecule has 0 amide bonds. The summed E-state index contributed by atoms with van der Waals surface area (Å²) in [5, 5.41) is 4.97. The fourth-order valence-electron chi connectivity index (χ4n) is 9.79. The van der Waals surface area contributed by atoms with Crippen LogP contribution < -0.4 is 4.74 Å². The number of alkyl halides is 6. The van der Waals surface area contributed by atoms with Crippen molar-refractivity contribution in [3.8, 4) is 47.5 Å². The summed E-state index contributed by atoms with van der Waals surface area (Å²) in [4.78, 5) is 20.6. The molecule has 0 bridgehead atoms. The van der Waals surface area contributed by atoms with Gasteiger partial charge in [0.15, 0.2) is 6.29 Å². The summed E-state index contributed by atoms with van der Waals surface area (Å²) >= 11 is 13.8. The summed E-state index contributed by atoms with van der Waals surface area (Å²) in [5.41, 5.74) is 5.87. The molecular weight excluding hydrogens is 1550 g/mol. The quantitative estimate of drug-likeness (QED) is 0.0527. The van der Waals surface area contributed by atoms with Gasteiger partial charge in [-0.15, -0.1) is 153 Å². The molecule has 14 aromatic rings. The Hall–Kier alpha value is -1.68. The van der Waals surface area contributed by atoms with Crippen molar-refractivity contribution in [3.05, 3.63) is 205 Å². The summed E-state index contributed by atoms with van der Waals surface area (Å²) < 4.78 is 99.5. The summed E-state index contributed by atoms with van der Waals surface area (Å²) in [6.07, 6.45) is -6.31. The zero-order valence-corrected chi connectivity index (χ0v) is 67.8. The maximum absolute atomic E-state index is 13.0. The van der Waals surface area contributed by atoms with Gasteiger partial charge < -0.3 is 4.74 Å². The minimum Gasteiger partial charge on any atom is -0.496 e. The van der Waals surface area contributed by atoms with Crippen molar-refractivity contribution in [2.75, 3.05) is 7.11 Å². The molecule has 94 heavy (non-hydrogen) atoms. The van der Waals surface area contributed by atoms with Gasteiger partial charge in [-0.05, 0) is 153 Å². The Morgan fingerprint density at radius 2 is 0.862 bits per heavy atom. The number of ether oxygens (including phenoxy) is 1. The van der Waals surface area contributed by atoms with Crippen LogP contribution in [0.5, 0.6) is 5.75 Å². The van der Waals surface area contributed by atoms with Gasteiger partial charge in [0.25, 0.3) is 0 Å². The number of aryl methyl sites for hydroxylation is 2. The average Bonchev–Trinajstić information content (AvgIpc) is 1.58. The number of thiophene rings is 8. The van der Waals surface area contributed by atoms with Crippen molar-refractivity contribution in [2.24, 2.45) is 0 Å². The molecule has 8 aromatic heterocycles. The van der Waals surface area contributed by atoms with Gasteiger partial charge in [-0.2, -0.15) is 26.3 Å². The van der Waals surface area contributed by atoms with Crippen molar-refractivity contribution in [2.45, 2.75) is 53.3 Å². The van der Waals surface area contributed by atoms with E-state index in [0.29, 0.717) is 6.42 Å². The molecule has 0 aliphatic rings. The van der Waals surface area contributed by atoms with Crippen LogP contribution in [0.1, 0.15) is 60.9 Å². The first-order chi connectivity index (χ1) is 44.8. The van der Waals surface area contributed by atoms with Gasteiger partial charge in [0, 0.05) is 92.9 Å². The van der Waals surface area contributed by atoms with Gasteiger partial charge in [-0.1, -0.05) is 106 Å². The molecule has 14 rings (SSSR count). The maximum Gasteiger partial charge on any atom is 0.416 e. The van der Waals surface area contributed by atoms with Crippen LogP contribution in [0.15, 0.2) is 158 Å². The van der Waals surface area contributed by atoms with Gasteiger partial charge in [0.2, 0.25) is 0 Å². The molecule has 0 N–H and O–H groups in total. The maximum atomic E-state index is 13.0. The van der Waals surface area contributed by atoms with Gasteiger partial charge >= 0.3 is 12.4 Å². The summed E-state index contributed by atoms with van der Waals surface area (Å²) in [6, 6.07) is 49.7. The predicted molar refractivity (Wildman–Crippen MR) is 448 cm³/mol. The summed E-state index contributed by atoms with van der Waals surface area (Å²) in [6.45, 7) is 4.73. The van der Waals surface area contributed by atoms with Crippen molar-refractivity contribution in [3.63, 3.8) is 0 Å². The minimum absolute atomic E-state index is 0. The van der Waals surface area contributed by atoms with E-state index in [1.54, 1.807) is 75.9 Å². The molecule has 0 spiro atoms. The van der Waals surface area contributed by atoms with Crippen LogP contribution in [-0.2, 0) is 25.2 Å². The third-order valence-electron chi connectivity index (χ3n) is 14.4. The molecular formula is C66H62BF6O2P11S8. The number of benzene rings is 6. The second kappa shape index (κ2) is 33.9. The predicted octanol–water partition coefficient (Wildman–Crippen LogP) is 29.4. The Bertz CT molecular complexity index is 4860. The Morgan fingerprint density at radius 3 is 1.22 bits per heavy atom. The Balaban J connectivity index is 0.000000185. The Morgan fingerprint density at radius 1 is 0.500 bits per heavy atom. The number of carbonyl (C=O) groups is 1. The molecule has 6 aromatic carbocycles. The molecule has 8 heterocycles. The van der Waals surface area contributed by atoms with E-state index in [9.17, 15) is 31.1 Å². The van der Waals surface area contributed by atoms with Crippen LogP contribution in [0.4, 0.5) is 26.3 Å². The third kappa shape index (κ3) is 18.7. The van der Waals surface area contributed by atoms with E-state index in [4.69, 9.17) is 6.11 Å². The number of rotatable bonds is 12. The van der Waals surface area contributed by atoms with Crippen molar-refractivity contribution in [1.82, 2.24) is 0 Å². The fourth-order valence-corrected chi connectivity index (χ4v) is 19.8. The van der Waals surface area contributed by atoms with Crippen LogP contribution in [-0.4, -0.2) is 21.2 Å². The standard InChI is InChI=1S/C32H23F3O2S4.C32H17F3S4.CH3B.CH4.H8P6.H7P5/c1-18-3-5-19(6-4-18)26-11-21(17-36)27(40-26)12-23-14-30-31(38-23)15-24(39-30)13-29-25(37-2)16-28(41-29)20-7-9-22(10-8-20)32(33,34)35;1-16-2-4-17(5-3-16)24-12-19-10-22-28(14-26(19)36-24)38-31-23-11-20-13-25(37-27(20)15-29(23)39-30(22)31)18-6-8-21(9-7-18)32(33,34)35;1-2;;1-5(2)6(3)4;1-4-5(2)3/h3-11,14-17H,12-13H2,1-2H3;2-15H,1H3;1H3;1H4;1-4H2;4H,1-3H2/i;;1D;;;. The third-order valence-corrected chi connectivity index (χ3v) is 57.1. The second-order valence-corrected chi connectivity index (χ2v) is 63.3. The number of carbonyl (C=O) groups excluding carboxylic acids is 1. The number of halogens is 6. The fraction of sp³-hybridized carbons (Fsp3) is 0.136. The van der Waals surface area contributed by atoms with Crippen molar-refractivity contribution in [1.29, 1.82) is 0 Å². The SMILES string of the molecule is C.COc1cc(-c2ccc(C(F)(F)F)cc2)sc1Cc1cc2sc(Cc3sc(-c4ccc(C)cc4)cc3C=O)cc2s1.Cc1ccc(-c2cc3cc4c(cc3s2)sc2c3cc5cc(-c6ccc(C(F)(F)F)cc6)sc5cc3sc42)cc1.PP(P)P(P)P.PPP(P)P.[2H]C[B]. The highest BCUT2D eigenvalue weighted by atomic mass is 33.0. The highest BCUT2D eigenvalue weighted by Gasteiger charge is 2.31. The monoisotopic (exact) mass is 1610 g/mol. The van der Waals surface area contributed by atoms with Gasteiger partial charge in [-0.3, -0.25) is 4.79 Å². The largest absolute Gasteiger partial charge is 0.496 e. The van der Waals surface area contributed by atoms with E-state index in [1.165, 1.54) is 92.5 Å². The lowest BCUT2D eigenvalue weighted by Crippen LogP contribution is -2.03. The van der Waals surface area contributed by atoms with Gasteiger partial charge in [-0.25, -0.2) is 0 Å². The summed E-state index contributed by atoms with van der Waals surface area (Å²) in [7, 11) is 26.5. The highest BCUT2D eigenvalue weighted by molar-refractivity contribution is 8.92. The minimum atomic E-state index is -4.35. The molecule has 486 valence electrons. The molecule has 0 fully saturated rings. The van der Waals surface area contributed by atoms with E-state index < -0.39 is 23.5 Å². The first-order valence-corrected chi connectivity index (χ1v) is 52.3. The van der Waals surface area contributed by atoms with Crippen LogP contribution in [0.3, 0.4) is 0 Å². The van der Waals surface area contributed by atoms with E-state index in [0.717, 1.165) is 107 Å². The van der Waals surface area contributed by atoms with Crippen molar-refractivity contribution >= 4 is 255 Å². The number of methoxy groups -OCH3 is 1. The number of hydrogen-bond donors (Lipinski definition) is 0. The molecule has 0 saturated heterocycles. The van der Waals surface area contributed by atoms with Crippen LogP contribution in [0.25, 0.3) is 101 Å². The highest BCUT2D eigenvalue weighted by Crippen LogP contribution is 2.86. The number of fused-ring (bicyclic) bond motifs is 8. The van der Waals surface area contributed by atoms with Gasteiger partial charge in [0.1, 0.15) is 5.75 Å². The molecule has 0 aliphatic carbocycles. The number of hydrogen-bond acceptors (Lipinski definition) is 10. The van der Waals surface area contributed by atoms with E-state index in [2.05, 4.69) is 181 Å². The Labute approximate surface area is 599 Å². The average molecular weight is 1610 g/mol. The zero-order chi connectivity index (χ0) is 67.3. The molecule has 8 atom stereocenters. The second-order valence-electron chi connectivity index (χ2n) is 20.8. The lowest BCUT2D eigenvalue weighted by Gasteiger charge is -2.06. The van der Waals surface area contributed by atoms with Gasteiger partial charge in [0.05, 0.1) is 40.4 Å². The molecule has 28 heteroatoms. The van der Waals surface area contributed by atoms with E-state index >= 15 is 0 Å². The lowest BCUT2D eigenvalue weighted by molar-refractivity contribution is -0.138. The lowest BCUT2D eigenvalue weighted by atomic mass is 10.1. The zero-order valence-electron chi connectivity index (χ0n) is 50.5.